The lowest BCUT2D eigenvalue weighted by Crippen LogP contribution is -2.16. The van der Waals surface area contributed by atoms with E-state index < -0.39 is 11.9 Å². The van der Waals surface area contributed by atoms with Gasteiger partial charge in [-0.1, -0.05) is 36.4 Å². The molecule has 0 atom stereocenters. The van der Waals surface area contributed by atoms with Gasteiger partial charge in [-0.15, -0.1) is 0 Å². The number of carbonyl (C=O) groups excluding carboxylic acids is 1. The van der Waals surface area contributed by atoms with Crippen LogP contribution in [0, 0.1) is 0 Å². The van der Waals surface area contributed by atoms with E-state index in [4.69, 9.17) is 5.73 Å². The van der Waals surface area contributed by atoms with Gasteiger partial charge in [0.25, 0.3) is 5.91 Å². The number of nitrogen functional groups attached to an aromatic ring is 1. The number of nitrogens with one attached hydrogen (secondary N) is 1. The fourth-order valence-electron chi connectivity index (χ4n) is 2.64. The average Bonchev–Trinajstić information content (AvgIpc) is 2.65. The summed E-state index contributed by atoms with van der Waals surface area (Å²) in [7, 11) is 0. The van der Waals surface area contributed by atoms with Crippen molar-refractivity contribution in [2.24, 2.45) is 0 Å². The minimum atomic E-state index is -1.13. The van der Waals surface area contributed by atoms with E-state index in [1.165, 1.54) is 12.1 Å². The van der Waals surface area contributed by atoms with Gasteiger partial charge in [-0.05, 0) is 53.9 Å². The summed E-state index contributed by atoms with van der Waals surface area (Å²) in [5.74, 6) is -1.58. The molecule has 0 radical (unpaired) electrons. The highest BCUT2D eigenvalue weighted by Gasteiger charge is 2.15. The molecule has 1 amide bonds. The summed E-state index contributed by atoms with van der Waals surface area (Å²) < 4.78 is 0. The number of anilines is 2. The Bertz CT molecular complexity index is 946. The number of carbonyl (C=O) groups is 2. The van der Waals surface area contributed by atoms with Crippen molar-refractivity contribution in [3.05, 3.63) is 95.1 Å². The smallest absolute Gasteiger partial charge is 0.336 e. The number of aromatic carboxylic acids is 1. The van der Waals surface area contributed by atoms with Gasteiger partial charge < -0.3 is 16.2 Å². The van der Waals surface area contributed by atoms with Gasteiger partial charge in [0.05, 0.1) is 11.1 Å². The van der Waals surface area contributed by atoms with Crippen LogP contribution in [0.3, 0.4) is 0 Å². The molecular formula is C21H24N2O3. The third-order valence-electron chi connectivity index (χ3n) is 4.00. The topological polar surface area (TPSA) is 92.4 Å². The first kappa shape index (κ1) is 17.2. The van der Waals surface area contributed by atoms with E-state index >= 15 is 0 Å². The number of nitrogens with two attached hydrogens (primary N) is 1. The highest BCUT2D eigenvalue weighted by atomic mass is 16.4. The van der Waals surface area contributed by atoms with Gasteiger partial charge in [-0.25, -0.2) is 4.79 Å². The van der Waals surface area contributed by atoms with Crippen LogP contribution in [0.5, 0.6) is 0 Å². The molecule has 3 rings (SSSR count). The van der Waals surface area contributed by atoms with Crippen molar-refractivity contribution in [1.29, 1.82) is 0 Å². The van der Waals surface area contributed by atoms with Crippen molar-refractivity contribution in [2.45, 2.75) is 6.42 Å². The van der Waals surface area contributed by atoms with Gasteiger partial charge in [0, 0.05) is 15.7 Å². The van der Waals surface area contributed by atoms with Crippen LogP contribution in [0.1, 0.15) is 36.1 Å². The molecule has 0 aliphatic carbocycles. The summed E-state index contributed by atoms with van der Waals surface area (Å²) in [6, 6.07) is 21.3. The summed E-state index contributed by atoms with van der Waals surface area (Å²) in [4.78, 5) is 23.6. The Balaban J connectivity index is 0.00000261. The molecule has 3 aromatic rings. The molecule has 5 heteroatoms. The van der Waals surface area contributed by atoms with E-state index in [-0.39, 0.29) is 15.4 Å². The Hall–Kier alpha value is -3.60. The minimum Gasteiger partial charge on any atom is -0.478 e. The molecule has 3 aromatic carbocycles. The normalized spacial score (nSPS) is 10.3. The van der Waals surface area contributed by atoms with E-state index in [1.807, 2.05) is 36.4 Å². The molecular weight excluding hydrogens is 328 g/mol. The predicted molar refractivity (Wildman–Crippen MR) is 108 cm³/mol. The van der Waals surface area contributed by atoms with Crippen LogP contribution in [0.15, 0.2) is 72.8 Å². The molecule has 26 heavy (non-hydrogen) atoms. The van der Waals surface area contributed by atoms with Crippen molar-refractivity contribution in [3.8, 4) is 0 Å². The highest BCUT2D eigenvalue weighted by Crippen LogP contribution is 2.17. The fourth-order valence-corrected chi connectivity index (χ4v) is 2.64. The van der Waals surface area contributed by atoms with E-state index in [2.05, 4.69) is 5.32 Å². The minimum absolute atomic E-state index is 0. The van der Waals surface area contributed by atoms with Crippen molar-refractivity contribution < 1.29 is 19.0 Å². The van der Waals surface area contributed by atoms with Gasteiger partial charge in [0.15, 0.2) is 0 Å². The zero-order valence-corrected chi connectivity index (χ0v) is 14.0. The zero-order valence-electron chi connectivity index (χ0n) is 14.0. The molecule has 0 aromatic heterocycles. The van der Waals surface area contributed by atoms with Crippen LogP contribution in [0.4, 0.5) is 11.4 Å². The summed E-state index contributed by atoms with van der Waals surface area (Å²) in [6.07, 6.45) is 0.760. The van der Waals surface area contributed by atoms with Crippen LogP contribution in [0.25, 0.3) is 0 Å². The maximum atomic E-state index is 12.4. The quantitative estimate of drug-likeness (QED) is 0.587. The Morgan fingerprint density at radius 1 is 0.846 bits per heavy atom. The van der Waals surface area contributed by atoms with E-state index in [0.717, 1.165) is 23.2 Å². The first-order valence-corrected chi connectivity index (χ1v) is 8.10. The first-order chi connectivity index (χ1) is 12.5. The molecule has 5 nitrogen and oxygen atoms in total. The number of benzene rings is 3. The SMILES string of the molecule is Nc1ccc(Cc2ccc(NC(=O)c3ccccc3C(=O)O)cc2)cc1.[HH].[HH].[HH]. The Morgan fingerprint density at radius 2 is 1.38 bits per heavy atom. The molecule has 0 fully saturated rings. The van der Waals surface area contributed by atoms with Crippen LogP contribution in [-0.2, 0) is 6.42 Å². The lowest BCUT2D eigenvalue weighted by atomic mass is 10.0. The molecule has 0 bridgehead atoms. The number of amides is 1. The second-order valence-electron chi connectivity index (χ2n) is 5.92. The largest absolute Gasteiger partial charge is 0.478 e. The van der Waals surface area contributed by atoms with Crippen molar-refractivity contribution in [2.75, 3.05) is 11.1 Å². The Labute approximate surface area is 155 Å². The number of hydrogen-bond donors (Lipinski definition) is 3. The van der Waals surface area contributed by atoms with Gasteiger partial charge >= 0.3 is 5.97 Å². The lowest BCUT2D eigenvalue weighted by Gasteiger charge is -2.09. The monoisotopic (exact) mass is 352 g/mol. The summed E-state index contributed by atoms with van der Waals surface area (Å²) in [6.45, 7) is 0. The van der Waals surface area contributed by atoms with E-state index in [9.17, 15) is 14.7 Å². The van der Waals surface area contributed by atoms with E-state index in [0.29, 0.717) is 5.69 Å². The first-order valence-electron chi connectivity index (χ1n) is 8.10. The van der Waals surface area contributed by atoms with Gasteiger partial charge in [-0.2, -0.15) is 0 Å². The number of carboxylic acids is 1. The predicted octanol–water partition coefficient (Wildman–Crippen LogP) is 4.55. The lowest BCUT2D eigenvalue weighted by molar-refractivity contribution is 0.0692. The number of rotatable bonds is 5. The second kappa shape index (κ2) is 7.53. The zero-order chi connectivity index (χ0) is 18.5. The number of carboxylic acid groups (broad SMARTS) is 1. The van der Waals surface area contributed by atoms with Crippen LogP contribution in [-0.4, -0.2) is 17.0 Å². The molecule has 0 unspecified atom stereocenters. The molecule has 0 heterocycles. The van der Waals surface area contributed by atoms with Gasteiger partial charge in [0.1, 0.15) is 0 Å². The van der Waals surface area contributed by atoms with Crippen LogP contribution in [0.2, 0.25) is 0 Å². The Kier molecular flexibility index (Phi) is 4.99. The van der Waals surface area contributed by atoms with E-state index in [1.54, 1.807) is 24.3 Å². The number of hydrogen-bond acceptors (Lipinski definition) is 3. The third kappa shape index (κ3) is 4.08. The van der Waals surface area contributed by atoms with Gasteiger partial charge in [-0.3, -0.25) is 4.79 Å². The van der Waals surface area contributed by atoms with Crippen LogP contribution < -0.4 is 11.1 Å². The molecule has 0 saturated heterocycles. The fraction of sp³-hybridized carbons (Fsp3) is 0.0476. The highest BCUT2D eigenvalue weighted by molar-refractivity contribution is 6.10. The molecule has 0 aliphatic heterocycles. The average molecular weight is 352 g/mol. The summed E-state index contributed by atoms with van der Waals surface area (Å²) in [5.41, 5.74) is 9.37. The second-order valence-corrected chi connectivity index (χ2v) is 5.92. The molecule has 4 N–H and O–H groups in total. The Morgan fingerprint density at radius 3 is 1.96 bits per heavy atom. The molecule has 0 aliphatic rings. The van der Waals surface area contributed by atoms with Crippen molar-refractivity contribution in [3.63, 3.8) is 0 Å². The summed E-state index contributed by atoms with van der Waals surface area (Å²) >= 11 is 0. The molecule has 0 spiro atoms. The molecule has 136 valence electrons. The maximum absolute atomic E-state index is 12.4. The van der Waals surface area contributed by atoms with Crippen molar-refractivity contribution >= 4 is 23.3 Å². The van der Waals surface area contributed by atoms with Crippen LogP contribution >= 0.6 is 0 Å². The van der Waals surface area contributed by atoms with Crippen molar-refractivity contribution in [1.82, 2.24) is 0 Å². The third-order valence-corrected chi connectivity index (χ3v) is 4.00. The maximum Gasteiger partial charge on any atom is 0.336 e. The van der Waals surface area contributed by atoms with Gasteiger partial charge in [0.2, 0.25) is 0 Å². The molecule has 0 saturated carbocycles. The summed E-state index contributed by atoms with van der Waals surface area (Å²) in [5, 5.41) is 11.9. The standard InChI is InChI=1S/C21H18N2O3.3H2/c22-16-9-5-14(6-10-16)13-15-7-11-17(12-8-15)23-20(24)18-3-1-2-4-19(18)21(25)26;;;/h1-12H,13,22H2,(H,23,24)(H,25,26);3*1H.